The third kappa shape index (κ3) is 4.67. The van der Waals surface area contributed by atoms with Crippen LogP contribution in [0.4, 0.5) is 0 Å². The minimum atomic E-state index is -0.274. The van der Waals surface area contributed by atoms with Crippen LogP contribution in [-0.2, 0) is 11.2 Å². The molecule has 0 heterocycles. The Hall–Kier alpha value is -2.23. The van der Waals surface area contributed by atoms with E-state index >= 15 is 0 Å². The fraction of sp³-hybridized carbons (Fsp3) is 0.353. The van der Waals surface area contributed by atoms with Gasteiger partial charge in [0.25, 0.3) is 0 Å². The smallest absolute Gasteiger partial charge is 0.128 e. The van der Waals surface area contributed by atoms with Crippen molar-refractivity contribution in [3.8, 4) is 0 Å². The highest BCUT2D eigenvalue weighted by molar-refractivity contribution is 5.59. The van der Waals surface area contributed by atoms with E-state index in [9.17, 15) is 4.79 Å². The summed E-state index contributed by atoms with van der Waals surface area (Å²) >= 11 is 0. The number of allylic oxidation sites excluding steroid dienone is 2. The predicted octanol–water partition coefficient (Wildman–Crippen LogP) is 2.03. The SMILES string of the molecule is CC(C=O)/C(=C(N)\C=C/N)N(C)C(C)Cc1ccccc1. The fourth-order valence-corrected chi connectivity index (χ4v) is 2.37. The molecule has 2 atom stereocenters. The summed E-state index contributed by atoms with van der Waals surface area (Å²) in [4.78, 5) is 13.2. The van der Waals surface area contributed by atoms with Crippen LogP contribution in [0.1, 0.15) is 19.4 Å². The summed E-state index contributed by atoms with van der Waals surface area (Å²) in [5.74, 6) is -0.274. The predicted molar refractivity (Wildman–Crippen MR) is 87.1 cm³/mol. The molecule has 0 aliphatic carbocycles. The third-order valence-electron chi connectivity index (χ3n) is 3.62. The lowest BCUT2D eigenvalue weighted by Gasteiger charge is -2.32. The minimum Gasteiger partial charge on any atom is -0.405 e. The first-order valence-corrected chi connectivity index (χ1v) is 7.11. The molecule has 1 aromatic carbocycles. The van der Waals surface area contributed by atoms with E-state index in [2.05, 4.69) is 24.0 Å². The number of carbonyl (C=O) groups excluding carboxylic acids is 1. The number of nitrogens with zero attached hydrogens (tertiary/aromatic N) is 1. The lowest BCUT2D eigenvalue weighted by Crippen LogP contribution is -2.35. The molecule has 0 aromatic heterocycles. The lowest BCUT2D eigenvalue weighted by molar-refractivity contribution is -0.110. The van der Waals surface area contributed by atoms with E-state index in [1.54, 1.807) is 6.08 Å². The number of carbonyl (C=O) groups is 1. The second-order valence-electron chi connectivity index (χ2n) is 5.27. The molecular weight excluding hydrogens is 262 g/mol. The number of aldehydes is 1. The molecule has 0 aliphatic rings. The zero-order valence-corrected chi connectivity index (χ0v) is 13.0. The minimum absolute atomic E-state index is 0.217. The maximum atomic E-state index is 11.2. The van der Waals surface area contributed by atoms with Gasteiger partial charge in [0.2, 0.25) is 0 Å². The third-order valence-corrected chi connectivity index (χ3v) is 3.62. The standard InChI is InChI=1S/C17H25N3O/c1-13(12-21)17(16(19)9-10-18)20(3)14(2)11-15-7-5-4-6-8-15/h4-10,12-14H,11,18-19H2,1-3H3/b10-9-,17-16-. The highest BCUT2D eigenvalue weighted by atomic mass is 16.1. The van der Waals surface area contributed by atoms with Gasteiger partial charge in [-0.3, -0.25) is 0 Å². The van der Waals surface area contributed by atoms with E-state index in [1.165, 1.54) is 11.8 Å². The number of benzene rings is 1. The molecule has 0 saturated carbocycles. The van der Waals surface area contributed by atoms with Crippen molar-refractivity contribution >= 4 is 6.29 Å². The van der Waals surface area contributed by atoms with Crippen molar-refractivity contribution in [1.29, 1.82) is 0 Å². The van der Waals surface area contributed by atoms with Gasteiger partial charge in [0.15, 0.2) is 0 Å². The van der Waals surface area contributed by atoms with Crippen molar-refractivity contribution in [3.63, 3.8) is 0 Å². The van der Waals surface area contributed by atoms with Gasteiger partial charge in [0, 0.05) is 18.8 Å². The van der Waals surface area contributed by atoms with Crippen LogP contribution in [0.2, 0.25) is 0 Å². The molecule has 4 N–H and O–H groups in total. The van der Waals surface area contributed by atoms with Gasteiger partial charge in [-0.05, 0) is 31.2 Å². The van der Waals surface area contributed by atoms with Crippen molar-refractivity contribution < 1.29 is 4.79 Å². The molecule has 0 fully saturated rings. The molecule has 114 valence electrons. The topological polar surface area (TPSA) is 72.3 Å². The molecule has 0 bridgehead atoms. The molecule has 1 rings (SSSR count). The Kier molecular flexibility index (Phi) is 6.53. The molecule has 0 aliphatic heterocycles. The van der Waals surface area contributed by atoms with Crippen LogP contribution < -0.4 is 11.5 Å². The summed E-state index contributed by atoms with van der Waals surface area (Å²) < 4.78 is 0. The average Bonchev–Trinajstić information content (AvgIpc) is 2.48. The van der Waals surface area contributed by atoms with Gasteiger partial charge in [0.1, 0.15) is 6.29 Å². The highest BCUT2D eigenvalue weighted by Crippen LogP contribution is 2.20. The van der Waals surface area contributed by atoms with Crippen LogP contribution >= 0.6 is 0 Å². The first-order chi connectivity index (χ1) is 10.0. The second kappa shape index (κ2) is 8.15. The zero-order valence-electron chi connectivity index (χ0n) is 13.0. The maximum absolute atomic E-state index is 11.2. The van der Waals surface area contributed by atoms with E-state index in [-0.39, 0.29) is 12.0 Å². The molecule has 21 heavy (non-hydrogen) atoms. The van der Waals surface area contributed by atoms with E-state index in [4.69, 9.17) is 11.5 Å². The molecule has 4 nitrogen and oxygen atoms in total. The number of hydrogen-bond acceptors (Lipinski definition) is 4. The highest BCUT2D eigenvalue weighted by Gasteiger charge is 2.20. The summed E-state index contributed by atoms with van der Waals surface area (Å²) in [5, 5.41) is 0. The number of nitrogens with two attached hydrogens (primary N) is 2. The largest absolute Gasteiger partial charge is 0.405 e. The van der Waals surface area contributed by atoms with E-state index in [1.807, 2.05) is 32.2 Å². The van der Waals surface area contributed by atoms with Crippen molar-refractivity contribution in [2.24, 2.45) is 17.4 Å². The Labute approximate surface area is 127 Å². The van der Waals surface area contributed by atoms with Gasteiger partial charge in [0.05, 0.1) is 11.6 Å². The number of rotatable bonds is 7. The summed E-state index contributed by atoms with van der Waals surface area (Å²) in [5.41, 5.74) is 14.0. The quantitative estimate of drug-likeness (QED) is 0.594. The maximum Gasteiger partial charge on any atom is 0.128 e. The van der Waals surface area contributed by atoms with Crippen molar-refractivity contribution in [2.75, 3.05) is 7.05 Å². The Balaban J connectivity index is 2.97. The van der Waals surface area contributed by atoms with Crippen LogP contribution in [0.25, 0.3) is 0 Å². The molecule has 4 heteroatoms. The number of hydrogen-bond donors (Lipinski definition) is 2. The van der Waals surface area contributed by atoms with Crippen molar-refractivity contribution in [1.82, 2.24) is 4.90 Å². The van der Waals surface area contributed by atoms with E-state index in [0.717, 1.165) is 18.4 Å². The molecule has 0 saturated heterocycles. The average molecular weight is 287 g/mol. The molecule has 0 amide bonds. The van der Waals surface area contributed by atoms with Crippen molar-refractivity contribution in [2.45, 2.75) is 26.3 Å². The summed E-state index contributed by atoms with van der Waals surface area (Å²) in [6.07, 6.45) is 4.80. The zero-order chi connectivity index (χ0) is 15.8. The van der Waals surface area contributed by atoms with Gasteiger partial charge in [-0.1, -0.05) is 37.3 Å². The molecular formula is C17H25N3O. The van der Waals surface area contributed by atoms with Gasteiger partial charge in [-0.15, -0.1) is 0 Å². The monoisotopic (exact) mass is 287 g/mol. The Morgan fingerprint density at radius 3 is 2.43 bits per heavy atom. The Bertz CT molecular complexity index is 508. The Morgan fingerprint density at radius 1 is 1.29 bits per heavy atom. The summed E-state index contributed by atoms with van der Waals surface area (Å²) in [6.45, 7) is 3.95. The van der Waals surface area contributed by atoms with Crippen LogP contribution in [0.5, 0.6) is 0 Å². The fourth-order valence-electron chi connectivity index (χ4n) is 2.37. The normalized spacial score (nSPS) is 15.4. The van der Waals surface area contributed by atoms with Crippen LogP contribution in [0.15, 0.2) is 54.0 Å². The van der Waals surface area contributed by atoms with Gasteiger partial charge in [-0.2, -0.15) is 0 Å². The van der Waals surface area contributed by atoms with Gasteiger partial charge >= 0.3 is 0 Å². The molecule has 0 spiro atoms. The van der Waals surface area contributed by atoms with E-state index < -0.39 is 0 Å². The van der Waals surface area contributed by atoms with E-state index in [0.29, 0.717) is 5.70 Å². The second-order valence-corrected chi connectivity index (χ2v) is 5.27. The first kappa shape index (κ1) is 16.8. The van der Waals surface area contributed by atoms with Crippen LogP contribution in [-0.4, -0.2) is 24.3 Å². The molecule has 1 aromatic rings. The Morgan fingerprint density at radius 2 is 1.90 bits per heavy atom. The van der Waals surface area contributed by atoms with Crippen molar-refractivity contribution in [3.05, 3.63) is 59.6 Å². The lowest BCUT2D eigenvalue weighted by atomic mass is 10.0. The van der Waals surface area contributed by atoms with Crippen LogP contribution in [0, 0.1) is 5.92 Å². The molecule has 2 unspecified atom stereocenters. The van der Waals surface area contributed by atoms with Crippen LogP contribution in [0.3, 0.4) is 0 Å². The summed E-state index contributed by atoms with van der Waals surface area (Å²) in [7, 11) is 1.96. The summed E-state index contributed by atoms with van der Waals surface area (Å²) in [6, 6.07) is 10.5. The number of likely N-dealkylation sites (N-methyl/N-ethyl adjacent to an activating group) is 1. The molecule has 0 radical (unpaired) electrons. The van der Waals surface area contributed by atoms with Gasteiger partial charge in [-0.25, -0.2) is 0 Å². The first-order valence-electron chi connectivity index (χ1n) is 7.11. The van der Waals surface area contributed by atoms with Gasteiger partial charge < -0.3 is 21.2 Å².